The van der Waals surface area contributed by atoms with E-state index in [9.17, 15) is 61.3 Å². The van der Waals surface area contributed by atoms with Gasteiger partial charge in [0.2, 0.25) is 0 Å². The highest BCUT2D eigenvalue weighted by Crippen LogP contribution is 2.71. The molecule has 4 aliphatic heterocycles. The van der Waals surface area contributed by atoms with Crippen molar-refractivity contribution in [2.45, 2.75) is 209 Å². The third-order valence-corrected chi connectivity index (χ3v) is 18.0. The molecule has 8 rings (SSSR count). The lowest BCUT2D eigenvalue weighted by Crippen LogP contribution is -2.65. The number of aliphatic hydroxyl groups excluding tert-OH is 11. The molecule has 8 aliphatic rings. The van der Waals surface area contributed by atoms with Crippen molar-refractivity contribution in [1.82, 2.24) is 0 Å². The Labute approximate surface area is 374 Å². The zero-order valence-corrected chi connectivity index (χ0v) is 37.6. The van der Waals surface area contributed by atoms with Gasteiger partial charge in [0.1, 0.15) is 67.1 Å². The molecule has 4 aliphatic carbocycles. The van der Waals surface area contributed by atoms with Crippen LogP contribution in [0.5, 0.6) is 0 Å². The third-order valence-electron chi connectivity index (χ3n) is 18.0. The Kier molecular flexibility index (Phi) is 14.6. The normalized spacial score (nSPS) is 56.8. The molecular weight excluding hydrogens is 844 g/mol. The molecule has 4 saturated carbocycles. The number of ether oxygens (including phenoxy) is 7. The van der Waals surface area contributed by atoms with E-state index < -0.39 is 123 Å². The third kappa shape index (κ3) is 8.55. The summed E-state index contributed by atoms with van der Waals surface area (Å²) in [6, 6.07) is 0. The van der Waals surface area contributed by atoms with E-state index in [-0.39, 0.29) is 47.2 Å². The van der Waals surface area contributed by atoms with E-state index in [0.29, 0.717) is 43.4 Å². The summed E-state index contributed by atoms with van der Waals surface area (Å²) in [7, 11) is 0. The highest BCUT2D eigenvalue weighted by atomic mass is 16.7. The molecule has 0 aromatic heterocycles. The maximum Gasteiger partial charge on any atom is 0.187 e. The Morgan fingerprint density at radius 2 is 1.31 bits per heavy atom. The second-order valence-corrected chi connectivity index (χ2v) is 21.6. The molecule has 28 atom stereocenters. The van der Waals surface area contributed by atoms with Crippen molar-refractivity contribution in [2.24, 2.45) is 52.3 Å². The van der Waals surface area contributed by atoms with Crippen LogP contribution in [0.15, 0.2) is 0 Å². The number of rotatable bonds is 12. The van der Waals surface area contributed by atoms with Crippen LogP contribution in [0.4, 0.5) is 0 Å². The van der Waals surface area contributed by atoms with Crippen molar-refractivity contribution in [3.8, 4) is 0 Å². The first-order valence-electron chi connectivity index (χ1n) is 23.8. The van der Waals surface area contributed by atoms with Gasteiger partial charge in [-0.05, 0) is 105 Å². The van der Waals surface area contributed by atoms with E-state index in [1.165, 1.54) is 6.92 Å². The maximum absolute atomic E-state index is 12.0. The van der Waals surface area contributed by atoms with E-state index >= 15 is 0 Å². The first kappa shape index (κ1) is 49.7. The molecule has 0 radical (unpaired) electrons. The number of hydrogen-bond acceptors (Lipinski definition) is 19. The lowest BCUT2D eigenvalue weighted by Gasteiger charge is -2.62. The zero-order valence-electron chi connectivity index (χ0n) is 37.6. The lowest BCUT2D eigenvalue weighted by atomic mass is 9.44. The minimum atomic E-state index is -1.67. The van der Waals surface area contributed by atoms with Crippen molar-refractivity contribution in [3.63, 3.8) is 0 Å². The average Bonchev–Trinajstić information content (AvgIpc) is 3.70. The standard InChI is InChI=1S/C45H76O19/c1-18(17-58-40-36(54)34(52)32(50)28(15-46)61-40)8-11-45(57)19(2)30-27(64-45)13-24-22-7-6-21-12-26(25(48)14-44(21,5)23(22)9-10-43(24,30)4)60-42-38(56)35(53)39(29(16-47)62-42)63-41-37(55)33(51)31(49)20(3)59-41/h18-42,46-57H,6-17H2,1-5H3/t18-,19+,20+,21-,22+,23-,24-,25+,26+,27+,28+,29+,30+,31+,32+,33-,34-,35+,36+,37+,38+,39+,40+,41-,42+,43+,44+,45+/m1/s1. The molecule has 19 nitrogen and oxygen atoms in total. The molecule has 0 aromatic rings. The SMILES string of the molecule is C[C@H](CC[C@]1(O)O[C@H]2C[C@@H]3[C@H]4CC[C@@H]5C[C@H](O[C@H]6O[C@@H](CO)[C@H](O[C@H]7O[C@@H](C)[C@H](O)[C@@H](O)[C@@H]7O)[C@@H](O)[C@@H]6O)[C@@H](O)C[C@]5(C)[C@@H]4CC[C@]3(C)[C@H]2[C@@H]1C)CO[C@H]1O[C@@H](CO)[C@H](O)[C@@H](O)[C@@H]1O. The first-order valence-corrected chi connectivity index (χ1v) is 23.8. The number of hydrogen-bond donors (Lipinski definition) is 12. The van der Waals surface area contributed by atoms with Gasteiger partial charge in [0.05, 0.1) is 44.2 Å². The Bertz CT molecular complexity index is 1580. The van der Waals surface area contributed by atoms with Gasteiger partial charge in [-0.3, -0.25) is 0 Å². The van der Waals surface area contributed by atoms with Gasteiger partial charge >= 0.3 is 0 Å². The molecule has 19 heteroatoms. The van der Waals surface area contributed by atoms with Crippen LogP contribution in [0.25, 0.3) is 0 Å². The van der Waals surface area contributed by atoms with Gasteiger partial charge in [-0.15, -0.1) is 0 Å². The van der Waals surface area contributed by atoms with E-state index in [2.05, 4.69) is 20.8 Å². The van der Waals surface area contributed by atoms with Crippen LogP contribution in [-0.2, 0) is 33.2 Å². The topological polar surface area (TPSA) is 307 Å². The maximum atomic E-state index is 12.0. The van der Waals surface area contributed by atoms with Crippen LogP contribution in [-0.4, -0.2) is 197 Å². The summed E-state index contributed by atoms with van der Waals surface area (Å²) >= 11 is 0. The summed E-state index contributed by atoms with van der Waals surface area (Å²) in [5.41, 5.74) is -0.229. The predicted molar refractivity (Wildman–Crippen MR) is 219 cm³/mol. The largest absolute Gasteiger partial charge is 0.394 e. The van der Waals surface area contributed by atoms with E-state index in [1.807, 2.05) is 6.92 Å². The fourth-order valence-electron chi connectivity index (χ4n) is 14.2. The van der Waals surface area contributed by atoms with Crippen LogP contribution in [0.2, 0.25) is 0 Å². The van der Waals surface area contributed by atoms with Gasteiger partial charge in [-0.2, -0.15) is 0 Å². The lowest BCUT2D eigenvalue weighted by molar-refractivity contribution is -0.364. The van der Waals surface area contributed by atoms with Gasteiger partial charge in [0.25, 0.3) is 0 Å². The van der Waals surface area contributed by atoms with Gasteiger partial charge in [-0.25, -0.2) is 0 Å². The second-order valence-electron chi connectivity index (χ2n) is 21.6. The van der Waals surface area contributed by atoms with Crippen molar-refractivity contribution in [2.75, 3.05) is 19.8 Å². The van der Waals surface area contributed by atoms with Crippen molar-refractivity contribution < 1.29 is 94.4 Å². The predicted octanol–water partition coefficient (Wildman–Crippen LogP) is -1.78. The molecule has 0 bridgehead atoms. The smallest absolute Gasteiger partial charge is 0.187 e. The number of fused-ring (bicyclic) bond motifs is 7. The first-order chi connectivity index (χ1) is 30.2. The van der Waals surface area contributed by atoms with Crippen molar-refractivity contribution >= 4 is 0 Å². The zero-order chi connectivity index (χ0) is 46.4. The Morgan fingerprint density at radius 1 is 0.672 bits per heavy atom. The molecule has 0 amide bonds. The van der Waals surface area contributed by atoms with Crippen molar-refractivity contribution in [3.05, 3.63) is 0 Å². The van der Waals surface area contributed by atoms with E-state index in [0.717, 1.165) is 32.1 Å². The highest BCUT2D eigenvalue weighted by molar-refractivity contribution is 5.15. The quantitative estimate of drug-likeness (QED) is 0.0964. The molecule has 64 heavy (non-hydrogen) atoms. The van der Waals surface area contributed by atoms with E-state index in [1.54, 1.807) is 0 Å². The molecule has 4 heterocycles. The minimum absolute atomic E-state index is 0.0453. The monoisotopic (exact) mass is 920 g/mol. The summed E-state index contributed by atoms with van der Waals surface area (Å²) < 4.78 is 41.4. The molecule has 4 saturated heterocycles. The fraction of sp³-hybridized carbons (Fsp3) is 1.00. The summed E-state index contributed by atoms with van der Waals surface area (Å²) in [6.07, 6.45) is -16.1. The minimum Gasteiger partial charge on any atom is -0.394 e. The van der Waals surface area contributed by atoms with Gasteiger partial charge in [0, 0.05) is 12.3 Å². The molecule has 12 N–H and O–H groups in total. The second kappa shape index (κ2) is 18.9. The van der Waals surface area contributed by atoms with Crippen LogP contribution >= 0.6 is 0 Å². The summed E-state index contributed by atoms with van der Waals surface area (Å²) in [5.74, 6) is 0.0265. The fourth-order valence-corrected chi connectivity index (χ4v) is 14.2. The molecular formula is C45H76O19. The van der Waals surface area contributed by atoms with Crippen molar-refractivity contribution in [1.29, 1.82) is 0 Å². The van der Waals surface area contributed by atoms with Crippen LogP contribution in [0.3, 0.4) is 0 Å². The van der Waals surface area contributed by atoms with Gasteiger partial charge in [-0.1, -0.05) is 27.7 Å². The van der Waals surface area contributed by atoms with Crippen LogP contribution in [0.1, 0.15) is 92.4 Å². The summed E-state index contributed by atoms with van der Waals surface area (Å²) in [6.45, 7) is 9.19. The van der Waals surface area contributed by atoms with Crippen LogP contribution in [0, 0.1) is 52.3 Å². The molecule has 0 unspecified atom stereocenters. The van der Waals surface area contributed by atoms with Gasteiger partial charge in [0.15, 0.2) is 24.7 Å². The summed E-state index contributed by atoms with van der Waals surface area (Å²) in [4.78, 5) is 0. The average molecular weight is 921 g/mol. The Hall–Kier alpha value is -0.760. The molecule has 0 aromatic carbocycles. The number of aliphatic hydroxyl groups is 12. The van der Waals surface area contributed by atoms with E-state index in [4.69, 9.17) is 33.2 Å². The Balaban J connectivity index is 0.852. The molecule has 370 valence electrons. The Morgan fingerprint density at radius 3 is 2.02 bits per heavy atom. The highest BCUT2D eigenvalue weighted by Gasteiger charge is 2.69. The summed E-state index contributed by atoms with van der Waals surface area (Å²) in [5, 5.41) is 127. The molecule has 8 fully saturated rings. The van der Waals surface area contributed by atoms with Crippen LogP contribution < -0.4 is 0 Å². The molecule has 0 spiro atoms. The van der Waals surface area contributed by atoms with Gasteiger partial charge < -0.3 is 94.4 Å².